The summed E-state index contributed by atoms with van der Waals surface area (Å²) in [5.41, 5.74) is 6.89. The molecule has 29 heavy (non-hydrogen) atoms. The van der Waals surface area contributed by atoms with Crippen molar-refractivity contribution in [3.63, 3.8) is 0 Å². The maximum absolute atomic E-state index is 12.6. The van der Waals surface area contributed by atoms with Gasteiger partial charge in [-0.05, 0) is 52.5 Å². The predicted molar refractivity (Wildman–Crippen MR) is 119 cm³/mol. The van der Waals surface area contributed by atoms with Crippen molar-refractivity contribution in [3.05, 3.63) is 58.1 Å². The molecule has 0 fully saturated rings. The average Bonchev–Trinajstić information content (AvgIpc) is 2.58. The molecule has 3 heteroatoms. The van der Waals surface area contributed by atoms with Crippen molar-refractivity contribution in [2.75, 3.05) is 0 Å². The van der Waals surface area contributed by atoms with Gasteiger partial charge in [0, 0.05) is 16.7 Å². The van der Waals surface area contributed by atoms with Crippen LogP contribution >= 0.6 is 0 Å². The van der Waals surface area contributed by atoms with Crippen molar-refractivity contribution in [2.45, 2.75) is 85.5 Å². The van der Waals surface area contributed by atoms with E-state index in [2.05, 4.69) is 85.5 Å². The van der Waals surface area contributed by atoms with Crippen LogP contribution in [0, 0.1) is 0 Å². The third-order valence-corrected chi connectivity index (χ3v) is 5.38. The Morgan fingerprint density at radius 3 is 1.72 bits per heavy atom. The smallest absolute Gasteiger partial charge is 0.872 e. The molecule has 0 unspecified atom stereocenters. The largest absolute Gasteiger partial charge is 1.00 e. The molecule has 2 aromatic carbocycles. The van der Waals surface area contributed by atoms with Gasteiger partial charge in [0.1, 0.15) is 0 Å². The van der Waals surface area contributed by atoms with Gasteiger partial charge in [0.05, 0.1) is 0 Å². The molecule has 1 N–H and O–H groups in total. The van der Waals surface area contributed by atoms with Gasteiger partial charge in [0.25, 0.3) is 0 Å². The Labute approximate surface area is 190 Å². The molecule has 0 radical (unpaired) electrons. The van der Waals surface area contributed by atoms with E-state index in [9.17, 15) is 5.11 Å². The van der Waals surface area contributed by atoms with E-state index in [0.29, 0.717) is 23.3 Å². The van der Waals surface area contributed by atoms with E-state index in [4.69, 9.17) is 0 Å². The minimum absolute atomic E-state index is 0. The van der Waals surface area contributed by atoms with Crippen LogP contribution in [0.3, 0.4) is 0 Å². The molecule has 0 aliphatic rings. The molecular weight excluding hydrogens is 349 g/mol. The second-order valence-electron chi connectivity index (χ2n) is 9.83. The first-order chi connectivity index (χ1) is 12.9. The molecule has 0 bridgehead atoms. The summed E-state index contributed by atoms with van der Waals surface area (Å²) in [5, 5.41) is 12.6. The minimum Gasteiger partial charge on any atom is -0.872 e. The van der Waals surface area contributed by atoms with Crippen LogP contribution in [0.4, 0.5) is 5.69 Å². The Morgan fingerprint density at radius 1 is 0.828 bits per heavy atom. The Hall–Kier alpha value is -1.49. The van der Waals surface area contributed by atoms with E-state index in [1.165, 1.54) is 16.7 Å². The fourth-order valence-corrected chi connectivity index (χ4v) is 3.39. The van der Waals surface area contributed by atoms with Gasteiger partial charge in [-0.3, -0.25) is 0 Å². The van der Waals surface area contributed by atoms with E-state index in [1.807, 2.05) is 12.3 Å². The molecule has 0 aliphatic heterocycles. The van der Waals surface area contributed by atoms with Gasteiger partial charge in [0.2, 0.25) is 5.69 Å². The molecule has 0 amide bonds. The van der Waals surface area contributed by atoms with Gasteiger partial charge in [-0.1, -0.05) is 80.2 Å². The van der Waals surface area contributed by atoms with Crippen molar-refractivity contribution >= 4 is 11.9 Å². The molecule has 0 spiro atoms. The van der Waals surface area contributed by atoms with Crippen molar-refractivity contribution in [1.82, 2.24) is 0 Å². The zero-order valence-corrected chi connectivity index (χ0v) is 20.1. The van der Waals surface area contributed by atoms with E-state index in [0.717, 1.165) is 11.3 Å². The Bertz CT molecular complexity index is 828. The first kappa shape index (κ1) is 25.5. The molecule has 0 saturated heterocycles. The van der Waals surface area contributed by atoms with E-state index < -0.39 is 0 Å². The summed E-state index contributed by atoms with van der Waals surface area (Å²) in [6, 6.07) is 10.4. The normalized spacial score (nSPS) is 12.3. The number of hydrogen-bond donors (Lipinski definition) is 1. The first-order valence-electron chi connectivity index (χ1n) is 10.5. The van der Waals surface area contributed by atoms with Crippen LogP contribution in [-0.2, 0) is 5.41 Å². The van der Waals surface area contributed by atoms with Crippen LogP contribution < -0.4 is 29.0 Å². The zero-order chi connectivity index (χ0) is 21.2. The summed E-state index contributed by atoms with van der Waals surface area (Å²) in [6.07, 6.45) is 1.87. The van der Waals surface area contributed by atoms with E-state index >= 15 is 0 Å². The maximum atomic E-state index is 12.6. The molecule has 2 aromatic rings. The zero-order valence-electron chi connectivity index (χ0n) is 20.1. The molecule has 0 atom stereocenters. The summed E-state index contributed by atoms with van der Waals surface area (Å²) >= 11 is 0. The minimum atomic E-state index is -0.0204. The van der Waals surface area contributed by atoms with Gasteiger partial charge in [-0.25, -0.2) is 4.99 Å². The standard InChI is InChI=1S/C26H37NO.Li/c1-16(2)20-12-22(17(3)4)25(23(13-20)18(5)6)27-15-19-10-11-21(14-24(19)28)26(7,8)9;/h10-18,28H,1-9H3;/q;+1. The molecule has 0 heterocycles. The molecular formula is C26H37LiNO+. The van der Waals surface area contributed by atoms with Crippen LogP contribution in [0.15, 0.2) is 30.3 Å². The number of benzene rings is 2. The Kier molecular flexibility index (Phi) is 8.82. The van der Waals surface area contributed by atoms with Gasteiger partial charge in [-0.15, -0.1) is 0 Å². The third kappa shape index (κ3) is 6.24. The van der Waals surface area contributed by atoms with Crippen molar-refractivity contribution in [3.8, 4) is 5.75 Å². The van der Waals surface area contributed by atoms with E-state index in [1.54, 1.807) is 6.07 Å². The third-order valence-electron chi connectivity index (χ3n) is 5.38. The maximum Gasteiger partial charge on any atom is 1.00 e. The molecule has 0 saturated carbocycles. The molecule has 0 aliphatic carbocycles. The van der Waals surface area contributed by atoms with Crippen LogP contribution in [0.1, 0.15) is 108 Å². The predicted octanol–water partition coefficient (Wildman–Crippen LogP) is 2.26. The number of nitrogens with one attached hydrogen (secondary N) is 1. The molecule has 152 valence electrons. The van der Waals surface area contributed by atoms with Crippen LogP contribution in [0.2, 0.25) is 0 Å². The summed E-state index contributed by atoms with van der Waals surface area (Å²) in [4.78, 5) is 3.50. The SMILES string of the molecule is CC(C)c1cc(C(C)C)c([NH+]=Cc2ccc(C(C)(C)C)cc2[O-])c(C(C)C)c1.[Li+]. The second kappa shape index (κ2) is 10.0. The van der Waals surface area contributed by atoms with Crippen LogP contribution in [0.25, 0.3) is 0 Å². The Balaban J connectivity index is 0.00000420. The molecule has 0 aromatic heterocycles. The number of hydrogen-bond acceptors (Lipinski definition) is 1. The van der Waals surface area contributed by atoms with Gasteiger partial charge >= 0.3 is 18.9 Å². The van der Waals surface area contributed by atoms with E-state index in [-0.39, 0.29) is 30.0 Å². The quantitative estimate of drug-likeness (QED) is 0.621. The molecule has 2 nitrogen and oxygen atoms in total. The molecule has 2 rings (SSSR count). The summed E-state index contributed by atoms with van der Waals surface area (Å²) < 4.78 is 0. The van der Waals surface area contributed by atoms with Gasteiger partial charge < -0.3 is 5.11 Å². The summed E-state index contributed by atoms with van der Waals surface area (Å²) in [7, 11) is 0. The topological polar surface area (TPSA) is 37.0 Å². The number of rotatable bonds is 5. The first-order valence-corrected chi connectivity index (χ1v) is 10.5. The van der Waals surface area contributed by atoms with Crippen LogP contribution in [0.5, 0.6) is 5.75 Å². The average molecular weight is 387 g/mol. The second-order valence-corrected chi connectivity index (χ2v) is 9.83. The van der Waals surface area contributed by atoms with Crippen molar-refractivity contribution in [2.24, 2.45) is 0 Å². The fourth-order valence-electron chi connectivity index (χ4n) is 3.39. The van der Waals surface area contributed by atoms with Gasteiger partial charge in [0.15, 0.2) is 6.21 Å². The summed E-state index contributed by atoms with van der Waals surface area (Å²) in [5.74, 6) is 1.37. The summed E-state index contributed by atoms with van der Waals surface area (Å²) in [6.45, 7) is 19.8. The van der Waals surface area contributed by atoms with Crippen molar-refractivity contribution < 1.29 is 29.0 Å². The monoisotopic (exact) mass is 386 g/mol. The van der Waals surface area contributed by atoms with Crippen molar-refractivity contribution in [1.29, 1.82) is 0 Å². The Morgan fingerprint density at radius 2 is 1.34 bits per heavy atom. The van der Waals surface area contributed by atoms with Crippen LogP contribution in [-0.4, -0.2) is 6.21 Å². The van der Waals surface area contributed by atoms with Gasteiger partial charge in [-0.2, -0.15) is 0 Å². The fraction of sp³-hybridized carbons (Fsp3) is 0.500.